The zero-order valence-electron chi connectivity index (χ0n) is 10.5. The van der Waals surface area contributed by atoms with Gasteiger partial charge in [0.15, 0.2) is 0 Å². The van der Waals surface area contributed by atoms with E-state index in [2.05, 4.69) is 5.32 Å². The maximum atomic E-state index is 11.8. The predicted molar refractivity (Wildman–Crippen MR) is 71.6 cm³/mol. The van der Waals surface area contributed by atoms with Crippen molar-refractivity contribution in [3.8, 4) is 0 Å². The maximum Gasteiger partial charge on any atom is 0.322 e. The molecule has 5 heteroatoms. The molecular weight excluding hydrogens is 250 g/mol. The average molecular weight is 267 g/mol. The number of nitrogens with one attached hydrogen (secondary N) is 1. The number of carbonyl (C=O) groups excluding carboxylic acids is 1. The van der Waals surface area contributed by atoms with Crippen molar-refractivity contribution in [3.63, 3.8) is 0 Å². The Hall–Kier alpha value is -1.49. The molecule has 0 unspecified atom stereocenters. The summed E-state index contributed by atoms with van der Waals surface area (Å²) in [5.41, 5.74) is -0.601. The molecule has 0 heterocycles. The molecule has 0 bridgehead atoms. The van der Waals surface area contributed by atoms with Crippen LogP contribution in [0.5, 0.6) is 0 Å². The number of carbonyl (C=O) groups is 2. The number of amides is 1. The topological polar surface area (TPSA) is 66.4 Å². The van der Waals surface area contributed by atoms with Crippen molar-refractivity contribution in [3.05, 3.63) is 30.3 Å². The monoisotopic (exact) mass is 267 g/mol. The summed E-state index contributed by atoms with van der Waals surface area (Å²) >= 11 is 1.58. The number of aliphatic carboxylic acids is 1. The van der Waals surface area contributed by atoms with Crippen molar-refractivity contribution < 1.29 is 14.7 Å². The second-order valence-corrected chi connectivity index (χ2v) is 5.61. The highest BCUT2D eigenvalue weighted by atomic mass is 32.2. The van der Waals surface area contributed by atoms with Crippen LogP contribution in [0.15, 0.2) is 35.2 Å². The summed E-state index contributed by atoms with van der Waals surface area (Å²) in [5, 5.41) is 10.9. The molecular formula is C13H17NO3S. The van der Waals surface area contributed by atoms with E-state index in [1.165, 1.54) is 0 Å². The van der Waals surface area contributed by atoms with Gasteiger partial charge >= 0.3 is 5.97 Å². The lowest BCUT2D eigenvalue weighted by molar-refractivity contribution is -0.139. The molecule has 0 radical (unpaired) electrons. The Kier molecular flexibility index (Phi) is 5.22. The van der Waals surface area contributed by atoms with E-state index in [1.54, 1.807) is 25.6 Å². The lowest BCUT2D eigenvalue weighted by atomic mass is 9.95. The van der Waals surface area contributed by atoms with Gasteiger partial charge in [0.25, 0.3) is 0 Å². The van der Waals surface area contributed by atoms with Gasteiger partial charge in [0.2, 0.25) is 5.91 Å². The van der Waals surface area contributed by atoms with Gasteiger partial charge in [-0.25, -0.2) is 0 Å². The van der Waals surface area contributed by atoms with Gasteiger partial charge in [-0.15, -0.1) is 11.8 Å². The minimum absolute atomic E-state index is 0.242. The van der Waals surface area contributed by atoms with Crippen LogP contribution in [-0.4, -0.2) is 29.3 Å². The third-order valence-corrected chi connectivity index (χ3v) is 3.83. The number of rotatable bonds is 6. The minimum Gasteiger partial charge on any atom is -0.480 e. The summed E-state index contributed by atoms with van der Waals surface area (Å²) in [5.74, 6) is -0.675. The summed E-state index contributed by atoms with van der Waals surface area (Å²) < 4.78 is 0. The fraction of sp³-hybridized carbons (Fsp3) is 0.385. The van der Waals surface area contributed by atoms with Crippen LogP contribution in [0, 0.1) is 5.41 Å². The van der Waals surface area contributed by atoms with Gasteiger partial charge in [0.05, 0.1) is 5.41 Å². The lowest BCUT2D eigenvalue weighted by Crippen LogP contribution is -2.40. The maximum absolute atomic E-state index is 11.8. The fourth-order valence-electron chi connectivity index (χ4n) is 1.24. The first-order chi connectivity index (χ1) is 8.42. The highest BCUT2D eigenvalue weighted by Gasteiger charge is 2.27. The van der Waals surface area contributed by atoms with Crippen molar-refractivity contribution in [2.45, 2.75) is 18.7 Å². The summed E-state index contributed by atoms with van der Waals surface area (Å²) in [6.45, 7) is 3.28. The Bertz CT molecular complexity index is 418. The third kappa shape index (κ3) is 4.79. The van der Waals surface area contributed by atoms with Gasteiger partial charge in [-0.3, -0.25) is 9.59 Å². The normalized spacial score (nSPS) is 11.0. The number of hydrogen-bond donors (Lipinski definition) is 2. The zero-order chi connectivity index (χ0) is 13.6. The van der Waals surface area contributed by atoms with E-state index < -0.39 is 11.4 Å². The third-order valence-electron chi connectivity index (χ3n) is 2.36. The van der Waals surface area contributed by atoms with Crippen molar-refractivity contribution >= 4 is 23.6 Å². The van der Waals surface area contributed by atoms with Crippen LogP contribution in [0.2, 0.25) is 0 Å². The molecule has 1 amide bonds. The highest BCUT2D eigenvalue weighted by Crippen LogP contribution is 2.27. The molecule has 1 aromatic rings. The number of thioether (sulfide) groups is 1. The molecule has 98 valence electrons. The van der Waals surface area contributed by atoms with E-state index >= 15 is 0 Å². The minimum atomic E-state index is -1.03. The van der Waals surface area contributed by atoms with E-state index in [4.69, 9.17) is 5.11 Å². The zero-order valence-corrected chi connectivity index (χ0v) is 11.3. The molecule has 0 saturated heterocycles. The largest absolute Gasteiger partial charge is 0.480 e. The summed E-state index contributed by atoms with van der Waals surface area (Å²) in [4.78, 5) is 23.3. The number of carboxylic acid groups (broad SMARTS) is 1. The van der Waals surface area contributed by atoms with Gasteiger partial charge < -0.3 is 10.4 Å². The average Bonchev–Trinajstić information content (AvgIpc) is 2.34. The Morgan fingerprint density at radius 2 is 1.89 bits per heavy atom. The van der Waals surface area contributed by atoms with Crippen molar-refractivity contribution in [1.29, 1.82) is 0 Å². The first-order valence-corrected chi connectivity index (χ1v) is 6.58. The smallest absolute Gasteiger partial charge is 0.322 e. The first-order valence-electron chi connectivity index (χ1n) is 5.60. The molecule has 1 rings (SSSR count). The van der Waals surface area contributed by atoms with E-state index in [1.807, 2.05) is 30.3 Å². The molecule has 0 aliphatic heterocycles. The number of benzene rings is 1. The first kappa shape index (κ1) is 14.6. The van der Waals surface area contributed by atoms with Crippen LogP contribution in [0.1, 0.15) is 13.8 Å². The summed E-state index contributed by atoms with van der Waals surface area (Å²) in [6, 6.07) is 9.79. The summed E-state index contributed by atoms with van der Waals surface area (Å²) in [6.07, 6.45) is 0. The van der Waals surface area contributed by atoms with E-state index in [9.17, 15) is 9.59 Å². The Morgan fingerprint density at radius 1 is 1.28 bits per heavy atom. The van der Waals surface area contributed by atoms with E-state index in [0.717, 1.165) is 4.90 Å². The van der Waals surface area contributed by atoms with E-state index in [0.29, 0.717) is 5.75 Å². The van der Waals surface area contributed by atoms with Crippen molar-refractivity contribution in [2.75, 3.05) is 12.3 Å². The number of carboxylic acids is 1. The van der Waals surface area contributed by atoms with Gasteiger partial charge in [-0.2, -0.15) is 0 Å². The fourth-order valence-corrected chi connectivity index (χ4v) is 2.25. The predicted octanol–water partition coefficient (Wildman–Crippen LogP) is 2.01. The molecule has 0 aliphatic carbocycles. The van der Waals surface area contributed by atoms with Gasteiger partial charge in [-0.05, 0) is 12.1 Å². The van der Waals surface area contributed by atoms with Crippen molar-refractivity contribution in [2.24, 2.45) is 5.41 Å². The van der Waals surface area contributed by atoms with Crippen LogP contribution >= 0.6 is 11.8 Å². The van der Waals surface area contributed by atoms with Crippen LogP contribution < -0.4 is 5.32 Å². The van der Waals surface area contributed by atoms with Crippen LogP contribution in [0.4, 0.5) is 0 Å². The Morgan fingerprint density at radius 3 is 2.44 bits per heavy atom. The molecule has 0 aliphatic rings. The quantitative estimate of drug-likeness (QED) is 0.774. The lowest BCUT2D eigenvalue weighted by Gasteiger charge is -2.22. The second kappa shape index (κ2) is 6.44. The van der Waals surface area contributed by atoms with Gasteiger partial charge in [0.1, 0.15) is 6.54 Å². The van der Waals surface area contributed by atoms with Crippen molar-refractivity contribution in [1.82, 2.24) is 5.32 Å². The van der Waals surface area contributed by atoms with Crippen LogP contribution in [-0.2, 0) is 9.59 Å². The van der Waals surface area contributed by atoms with E-state index in [-0.39, 0.29) is 12.5 Å². The summed E-state index contributed by atoms with van der Waals surface area (Å²) in [7, 11) is 0. The molecule has 1 aromatic carbocycles. The molecule has 0 fully saturated rings. The molecule has 0 saturated carbocycles. The molecule has 4 nitrogen and oxygen atoms in total. The van der Waals surface area contributed by atoms with Crippen LogP contribution in [0.3, 0.4) is 0 Å². The highest BCUT2D eigenvalue weighted by molar-refractivity contribution is 7.99. The van der Waals surface area contributed by atoms with Gasteiger partial charge in [0, 0.05) is 10.6 Å². The number of hydrogen-bond acceptors (Lipinski definition) is 3. The molecule has 0 atom stereocenters. The standard InChI is InChI=1S/C13H17NO3S/c1-13(2,12(17)14-8-11(15)16)9-18-10-6-4-3-5-7-10/h3-7H,8-9H2,1-2H3,(H,14,17)(H,15,16). The second-order valence-electron chi connectivity index (χ2n) is 4.56. The SMILES string of the molecule is CC(C)(CSc1ccccc1)C(=O)NCC(=O)O. The Balaban J connectivity index is 2.48. The molecule has 0 aromatic heterocycles. The molecule has 18 heavy (non-hydrogen) atoms. The Labute approximate surface area is 111 Å². The van der Waals surface area contributed by atoms with Crippen LogP contribution in [0.25, 0.3) is 0 Å². The van der Waals surface area contributed by atoms with Gasteiger partial charge in [-0.1, -0.05) is 32.0 Å². The molecule has 0 spiro atoms. The molecule has 2 N–H and O–H groups in total.